The van der Waals surface area contributed by atoms with E-state index < -0.39 is 10.0 Å². The molecule has 1 aromatic heterocycles. The lowest BCUT2D eigenvalue weighted by Gasteiger charge is -2.18. The molecule has 0 spiro atoms. The number of aromatic amines is 1. The molecule has 2 aliphatic rings. The quantitative estimate of drug-likeness (QED) is 0.659. The van der Waals surface area contributed by atoms with Crippen LogP contribution in [0.25, 0.3) is 10.9 Å². The van der Waals surface area contributed by atoms with E-state index in [1.807, 2.05) is 6.07 Å². The standard InChI is InChI=1S/C23H31N3O3S/c1-26(16-23(27)24-14-13-17-7-3-2-4-8-17)30(28,29)18-11-12-22-20(15-18)19-9-5-6-10-21(19)25-22/h7,11-12,15,25H,2-6,8-10,13-14,16H2,1H3,(H,24,27). The van der Waals surface area contributed by atoms with E-state index in [2.05, 4.69) is 16.4 Å². The van der Waals surface area contributed by atoms with E-state index in [1.165, 1.54) is 43.1 Å². The Hall–Kier alpha value is -2.12. The SMILES string of the molecule is CN(CC(=O)NCCC1=CCCCC1)S(=O)(=O)c1ccc2[nH]c3c(c2c1)CCCC3. The summed E-state index contributed by atoms with van der Waals surface area (Å²) in [6, 6.07) is 5.23. The molecule has 1 aromatic carbocycles. The number of fused-ring (bicyclic) bond motifs is 3. The van der Waals surface area contributed by atoms with Crippen LogP contribution in [0.2, 0.25) is 0 Å². The molecule has 2 N–H and O–H groups in total. The van der Waals surface area contributed by atoms with Gasteiger partial charge in [0.05, 0.1) is 11.4 Å². The van der Waals surface area contributed by atoms with Gasteiger partial charge in [0.1, 0.15) is 0 Å². The highest BCUT2D eigenvalue weighted by molar-refractivity contribution is 7.89. The molecule has 0 unspecified atom stereocenters. The third kappa shape index (κ3) is 4.47. The number of carbonyl (C=O) groups excluding carboxylic acids is 1. The normalized spacial score (nSPS) is 17.1. The van der Waals surface area contributed by atoms with E-state index in [-0.39, 0.29) is 17.3 Å². The van der Waals surface area contributed by atoms with Crippen molar-refractivity contribution in [1.82, 2.24) is 14.6 Å². The summed E-state index contributed by atoms with van der Waals surface area (Å²) in [5, 5.41) is 3.85. The highest BCUT2D eigenvalue weighted by atomic mass is 32.2. The largest absolute Gasteiger partial charge is 0.358 e. The average molecular weight is 430 g/mol. The summed E-state index contributed by atoms with van der Waals surface area (Å²) < 4.78 is 27.2. The van der Waals surface area contributed by atoms with Crippen LogP contribution < -0.4 is 5.32 Å². The van der Waals surface area contributed by atoms with Gasteiger partial charge in [-0.05, 0) is 81.5 Å². The van der Waals surface area contributed by atoms with Crippen LogP contribution in [0.15, 0.2) is 34.7 Å². The molecule has 7 heteroatoms. The molecule has 4 rings (SSSR count). The highest BCUT2D eigenvalue weighted by Crippen LogP contribution is 2.31. The predicted octanol–water partition coefficient (Wildman–Crippen LogP) is 3.67. The van der Waals surface area contributed by atoms with Gasteiger partial charge in [-0.15, -0.1) is 0 Å². The lowest BCUT2D eigenvalue weighted by atomic mass is 9.96. The lowest BCUT2D eigenvalue weighted by molar-refractivity contribution is -0.121. The molecule has 0 aliphatic heterocycles. The molecule has 162 valence electrons. The average Bonchev–Trinajstić information content (AvgIpc) is 3.12. The van der Waals surface area contributed by atoms with Crippen LogP contribution in [0, 0.1) is 0 Å². The zero-order valence-corrected chi connectivity index (χ0v) is 18.5. The summed E-state index contributed by atoms with van der Waals surface area (Å²) in [7, 11) is -2.26. The first kappa shape index (κ1) is 21.1. The zero-order chi connectivity index (χ0) is 21.1. The minimum Gasteiger partial charge on any atom is -0.358 e. The number of nitrogens with zero attached hydrogens (tertiary/aromatic N) is 1. The van der Waals surface area contributed by atoms with Crippen molar-refractivity contribution in [1.29, 1.82) is 0 Å². The van der Waals surface area contributed by atoms with Gasteiger partial charge >= 0.3 is 0 Å². The molecule has 0 saturated heterocycles. The molecular weight excluding hydrogens is 398 g/mol. The molecule has 0 fully saturated rings. The van der Waals surface area contributed by atoms with Gasteiger partial charge in [0, 0.05) is 30.2 Å². The summed E-state index contributed by atoms with van der Waals surface area (Å²) in [4.78, 5) is 16.0. The van der Waals surface area contributed by atoms with Gasteiger partial charge in [-0.1, -0.05) is 11.6 Å². The van der Waals surface area contributed by atoms with Crippen molar-refractivity contribution in [3.63, 3.8) is 0 Å². The molecule has 6 nitrogen and oxygen atoms in total. The second-order valence-corrected chi connectivity index (χ2v) is 10.5. The van der Waals surface area contributed by atoms with Crippen molar-refractivity contribution < 1.29 is 13.2 Å². The van der Waals surface area contributed by atoms with E-state index in [0.717, 1.165) is 53.7 Å². The van der Waals surface area contributed by atoms with E-state index in [9.17, 15) is 13.2 Å². The molecule has 1 amide bonds. The molecule has 1 heterocycles. The van der Waals surface area contributed by atoms with E-state index in [0.29, 0.717) is 6.54 Å². The minimum atomic E-state index is -3.73. The molecule has 0 radical (unpaired) electrons. The number of amides is 1. The predicted molar refractivity (Wildman–Crippen MR) is 119 cm³/mol. The maximum atomic E-state index is 13.0. The second-order valence-electron chi connectivity index (χ2n) is 8.47. The van der Waals surface area contributed by atoms with Crippen LogP contribution >= 0.6 is 0 Å². The Labute approximate surface area is 178 Å². The third-order valence-electron chi connectivity index (χ3n) is 6.30. The number of hydrogen-bond donors (Lipinski definition) is 2. The number of allylic oxidation sites excluding steroid dienone is 1. The van der Waals surface area contributed by atoms with Gasteiger partial charge in [0.15, 0.2) is 0 Å². The van der Waals surface area contributed by atoms with Crippen molar-refractivity contribution in [2.45, 2.75) is 62.7 Å². The molecule has 30 heavy (non-hydrogen) atoms. The fourth-order valence-electron chi connectivity index (χ4n) is 4.56. The summed E-state index contributed by atoms with van der Waals surface area (Å²) in [5.41, 5.74) is 4.85. The topological polar surface area (TPSA) is 82.3 Å². The Morgan fingerprint density at radius 3 is 2.73 bits per heavy atom. The monoisotopic (exact) mass is 429 g/mol. The van der Waals surface area contributed by atoms with Gasteiger partial charge in [-0.3, -0.25) is 4.79 Å². The number of benzene rings is 1. The lowest BCUT2D eigenvalue weighted by Crippen LogP contribution is -2.38. The van der Waals surface area contributed by atoms with Crippen LogP contribution in [0.3, 0.4) is 0 Å². The first-order valence-corrected chi connectivity index (χ1v) is 12.4. The van der Waals surface area contributed by atoms with Crippen molar-refractivity contribution in [2.24, 2.45) is 0 Å². The van der Waals surface area contributed by atoms with Crippen LogP contribution in [0.4, 0.5) is 0 Å². The number of H-pyrrole nitrogens is 1. The number of nitrogens with one attached hydrogen (secondary N) is 2. The van der Waals surface area contributed by atoms with Gasteiger partial charge in [-0.25, -0.2) is 8.42 Å². The first-order valence-electron chi connectivity index (χ1n) is 11.0. The molecule has 2 aromatic rings. The summed E-state index contributed by atoms with van der Waals surface area (Å²) >= 11 is 0. The molecule has 2 aliphatic carbocycles. The number of hydrogen-bond acceptors (Lipinski definition) is 3. The number of aromatic nitrogens is 1. The Morgan fingerprint density at radius 2 is 1.93 bits per heavy atom. The van der Waals surface area contributed by atoms with Crippen LogP contribution in [0.5, 0.6) is 0 Å². The highest BCUT2D eigenvalue weighted by Gasteiger charge is 2.25. The molecule has 0 atom stereocenters. The molecular formula is C23H31N3O3S. The third-order valence-corrected chi connectivity index (χ3v) is 8.10. The van der Waals surface area contributed by atoms with Crippen LogP contribution in [-0.4, -0.2) is 43.8 Å². The summed E-state index contributed by atoms with van der Waals surface area (Å²) in [5.74, 6) is -0.266. The maximum Gasteiger partial charge on any atom is 0.243 e. The van der Waals surface area contributed by atoms with E-state index in [4.69, 9.17) is 0 Å². The van der Waals surface area contributed by atoms with Gasteiger partial charge in [0.25, 0.3) is 0 Å². The van der Waals surface area contributed by atoms with Crippen molar-refractivity contribution in [2.75, 3.05) is 20.1 Å². The number of likely N-dealkylation sites (N-methyl/N-ethyl adjacent to an activating group) is 1. The molecule has 0 saturated carbocycles. The minimum absolute atomic E-state index is 0.176. The summed E-state index contributed by atoms with van der Waals surface area (Å²) in [6.07, 6.45) is 12.1. The Balaban J connectivity index is 1.41. The van der Waals surface area contributed by atoms with E-state index >= 15 is 0 Å². The fourth-order valence-corrected chi connectivity index (χ4v) is 5.72. The Morgan fingerprint density at radius 1 is 1.13 bits per heavy atom. The number of sulfonamides is 1. The van der Waals surface area contributed by atoms with Crippen molar-refractivity contribution >= 4 is 26.8 Å². The zero-order valence-electron chi connectivity index (χ0n) is 17.7. The smallest absolute Gasteiger partial charge is 0.243 e. The van der Waals surface area contributed by atoms with Crippen molar-refractivity contribution in [3.05, 3.63) is 41.1 Å². The second kappa shape index (κ2) is 8.94. The van der Waals surface area contributed by atoms with Crippen LogP contribution in [-0.2, 0) is 27.7 Å². The Kier molecular flexibility index (Phi) is 6.29. The van der Waals surface area contributed by atoms with Crippen molar-refractivity contribution in [3.8, 4) is 0 Å². The van der Waals surface area contributed by atoms with E-state index in [1.54, 1.807) is 12.1 Å². The van der Waals surface area contributed by atoms with Gasteiger partial charge in [-0.2, -0.15) is 4.31 Å². The maximum absolute atomic E-state index is 13.0. The number of rotatable bonds is 7. The molecule has 0 bridgehead atoms. The summed E-state index contributed by atoms with van der Waals surface area (Å²) in [6.45, 7) is 0.380. The Bertz CT molecular complexity index is 1070. The van der Waals surface area contributed by atoms with Crippen LogP contribution in [0.1, 0.15) is 56.2 Å². The van der Waals surface area contributed by atoms with Gasteiger partial charge < -0.3 is 10.3 Å². The number of carbonyl (C=O) groups is 1. The van der Waals surface area contributed by atoms with Gasteiger partial charge in [0.2, 0.25) is 15.9 Å². The fraction of sp³-hybridized carbons (Fsp3) is 0.522. The number of aryl methyl sites for hydroxylation is 2. The first-order chi connectivity index (χ1) is 14.4.